The molecule has 27 heavy (non-hydrogen) atoms. The molecule has 0 aliphatic rings. The number of aliphatic carboxylic acids is 1. The van der Waals surface area contributed by atoms with E-state index >= 15 is 0 Å². The number of anilines is 2. The van der Waals surface area contributed by atoms with Gasteiger partial charge in [0.2, 0.25) is 5.95 Å². The quantitative estimate of drug-likeness (QED) is 0.687. The molecule has 0 aliphatic carbocycles. The Morgan fingerprint density at radius 2 is 1.74 bits per heavy atom. The lowest BCUT2D eigenvalue weighted by molar-refractivity contribution is -0.138. The molecule has 5 nitrogen and oxygen atoms in total. The molecule has 0 spiro atoms. The minimum absolute atomic E-state index is 0.151. The maximum absolute atomic E-state index is 12.6. The zero-order chi connectivity index (χ0) is 19.4. The van der Waals surface area contributed by atoms with Crippen LogP contribution in [0, 0.1) is 0 Å². The Morgan fingerprint density at radius 3 is 2.41 bits per heavy atom. The van der Waals surface area contributed by atoms with Crippen LogP contribution in [0.25, 0.3) is 11.3 Å². The van der Waals surface area contributed by atoms with E-state index in [0.717, 1.165) is 12.1 Å². The molecular formula is C19H14F3N3O2. The van der Waals surface area contributed by atoms with Crippen molar-refractivity contribution in [3.63, 3.8) is 0 Å². The number of hydrogen-bond acceptors (Lipinski definition) is 4. The molecule has 0 saturated carbocycles. The fourth-order valence-corrected chi connectivity index (χ4v) is 2.53. The van der Waals surface area contributed by atoms with Crippen LogP contribution in [0.15, 0.2) is 60.8 Å². The largest absolute Gasteiger partial charge is 0.481 e. The molecular weight excluding hydrogens is 359 g/mol. The van der Waals surface area contributed by atoms with Crippen LogP contribution in [0.2, 0.25) is 0 Å². The number of nitrogens with one attached hydrogen (secondary N) is 1. The van der Waals surface area contributed by atoms with Crippen LogP contribution in [-0.2, 0) is 17.4 Å². The highest BCUT2D eigenvalue weighted by Crippen LogP contribution is 2.30. The number of carboxylic acids is 1. The number of hydrogen-bond donors (Lipinski definition) is 2. The summed E-state index contributed by atoms with van der Waals surface area (Å²) in [5, 5.41) is 11.9. The van der Waals surface area contributed by atoms with Crippen LogP contribution in [0.3, 0.4) is 0 Å². The second-order valence-electron chi connectivity index (χ2n) is 5.69. The maximum atomic E-state index is 12.6. The molecule has 2 N–H and O–H groups in total. The minimum Gasteiger partial charge on any atom is -0.481 e. The van der Waals surface area contributed by atoms with Crippen molar-refractivity contribution in [2.45, 2.75) is 12.6 Å². The third kappa shape index (κ3) is 4.60. The summed E-state index contributed by atoms with van der Waals surface area (Å²) in [6, 6.07) is 13.1. The van der Waals surface area contributed by atoms with Gasteiger partial charge in [0.15, 0.2) is 0 Å². The summed E-state index contributed by atoms with van der Waals surface area (Å²) >= 11 is 0. The number of carboxylic acid groups (broad SMARTS) is 1. The number of nitrogens with zero attached hydrogens (tertiary/aromatic N) is 2. The predicted molar refractivity (Wildman–Crippen MR) is 93.5 cm³/mol. The van der Waals surface area contributed by atoms with Gasteiger partial charge in [-0.1, -0.05) is 24.3 Å². The first-order valence-corrected chi connectivity index (χ1v) is 7.90. The molecule has 0 atom stereocenters. The van der Waals surface area contributed by atoms with Gasteiger partial charge < -0.3 is 10.4 Å². The maximum Gasteiger partial charge on any atom is 0.416 e. The first-order valence-electron chi connectivity index (χ1n) is 7.90. The summed E-state index contributed by atoms with van der Waals surface area (Å²) in [7, 11) is 0. The Kier molecular flexibility index (Phi) is 5.07. The fourth-order valence-electron chi connectivity index (χ4n) is 2.53. The molecule has 0 fully saturated rings. The van der Waals surface area contributed by atoms with E-state index < -0.39 is 17.7 Å². The fraction of sp³-hybridized carbons (Fsp3) is 0.105. The molecule has 0 aliphatic heterocycles. The molecule has 3 aromatic rings. The van der Waals surface area contributed by atoms with Gasteiger partial charge in [-0.3, -0.25) is 4.79 Å². The molecule has 0 saturated heterocycles. The van der Waals surface area contributed by atoms with Gasteiger partial charge in [-0.2, -0.15) is 13.2 Å². The van der Waals surface area contributed by atoms with E-state index in [1.165, 1.54) is 18.3 Å². The molecule has 8 heteroatoms. The number of rotatable bonds is 5. The number of carbonyl (C=O) groups is 1. The van der Waals surface area contributed by atoms with Gasteiger partial charge in [0.1, 0.15) is 0 Å². The second-order valence-corrected chi connectivity index (χ2v) is 5.69. The number of aromatic nitrogens is 2. The number of halogens is 3. The van der Waals surface area contributed by atoms with Crippen LogP contribution in [0.5, 0.6) is 0 Å². The van der Waals surface area contributed by atoms with E-state index in [9.17, 15) is 18.0 Å². The van der Waals surface area contributed by atoms with Gasteiger partial charge >= 0.3 is 12.1 Å². The standard InChI is InChI=1S/C19H14F3N3O2/c20-19(21,22)13-5-7-14(8-6-13)24-18-23-10-9-16(25-18)15-4-2-1-3-12(15)11-17(26)27/h1-10H,11H2,(H,26,27)(H,23,24,25). The average Bonchev–Trinajstić information content (AvgIpc) is 2.62. The Labute approximate surface area is 152 Å². The van der Waals surface area contributed by atoms with E-state index in [4.69, 9.17) is 5.11 Å². The molecule has 0 unspecified atom stereocenters. The SMILES string of the molecule is O=C(O)Cc1ccccc1-c1ccnc(Nc2ccc(C(F)(F)F)cc2)n1. The van der Waals surface area contributed by atoms with Crippen molar-refractivity contribution in [2.75, 3.05) is 5.32 Å². The lowest BCUT2D eigenvalue weighted by Crippen LogP contribution is -2.05. The summed E-state index contributed by atoms with van der Waals surface area (Å²) in [5.41, 5.74) is 1.42. The molecule has 0 amide bonds. The summed E-state index contributed by atoms with van der Waals surface area (Å²) in [5.74, 6) is -0.767. The summed E-state index contributed by atoms with van der Waals surface area (Å²) in [4.78, 5) is 19.4. The highest BCUT2D eigenvalue weighted by molar-refractivity contribution is 5.75. The van der Waals surface area contributed by atoms with Crippen molar-refractivity contribution in [1.29, 1.82) is 0 Å². The van der Waals surface area contributed by atoms with Crippen LogP contribution in [0.1, 0.15) is 11.1 Å². The molecule has 1 aromatic heterocycles. The van der Waals surface area contributed by atoms with Crippen molar-refractivity contribution in [3.8, 4) is 11.3 Å². The molecule has 138 valence electrons. The second kappa shape index (κ2) is 7.45. The van der Waals surface area contributed by atoms with Gasteiger partial charge in [0.05, 0.1) is 17.7 Å². The topological polar surface area (TPSA) is 75.1 Å². The van der Waals surface area contributed by atoms with Crippen molar-refractivity contribution in [1.82, 2.24) is 9.97 Å². The van der Waals surface area contributed by atoms with Crippen molar-refractivity contribution >= 4 is 17.6 Å². The normalized spacial score (nSPS) is 11.2. The Morgan fingerprint density at radius 1 is 1.04 bits per heavy atom. The van der Waals surface area contributed by atoms with E-state index in [1.807, 2.05) is 0 Å². The Balaban J connectivity index is 1.86. The van der Waals surface area contributed by atoms with Crippen LogP contribution in [0.4, 0.5) is 24.8 Å². The molecule has 0 radical (unpaired) electrons. The first kappa shape index (κ1) is 18.4. The number of benzene rings is 2. The summed E-state index contributed by atoms with van der Waals surface area (Å²) < 4.78 is 37.9. The lowest BCUT2D eigenvalue weighted by Gasteiger charge is -2.10. The summed E-state index contributed by atoms with van der Waals surface area (Å²) in [6.07, 6.45) is -3.06. The summed E-state index contributed by atoms with van der Waals surface area (Å²) in [6.45, 7) is 0. The van der Waals surface area contributed by atoms with Gasteiger partial charge in [-0.05, 0) is 35.9 Å². The van der Waals surface area contributed by atoms with Gasteiger partial charge in [0.25, 0.3) is 0 Å². The third-order valence-corrected chi connectivity index (χ3v) is 3.76. The Bertz CT molecular complexity index is 957. The lowest BCUT2D eigenvalue weighted by atomic mass is 10.0. The molecule has 3 rings (SSSR count). The number of alkyl halides is 3. The predicted octanol–water partition coefficient (Wildman–Crippen LogP) is 4.53. The zero-order valence-electron chi connectivity index (χ0n) is 13.9. The molecule has 2 aromatic carbocycles. The minimum atomic E-state index is -4.40. The van der Waals surface area contributed by atoms with E-state index in [-0.39, 0.29) is 12.4 Å². The van der Waals surface area contributed by atoms with Crippen molar-refractivity contribution in [2.24, 2.45) is 0 Å². The smallest absolute Gasteiger partial charge is 0.416 e. The Hall–Kier alpha value is -3.42. The van der Waals surface area contributed by atoms with Crippen LogP contribution < -0.4 is 5.32 Å². The highest BCUT2D eigenvalue weighted by Gasteiger charge is 2.29. The van der Waals surface area contributed by atoms with Crippen LogP contribution in [-0.4, -0.2) is 21.0 Å². The first-order chi connectivity index (χ1) is 12.8. The van der Waals surface area contributed by atoms with Crippen molar-refractivity contribution < 1.29 is 23.1 Å². The van der Waals surface area contributed by atoms with E-state index in [2.05, 4.69) is 15.3 Å². The monoisotopic (exact) mass is 373 g/mol. The van der Waals surface area contributed by atoms with Crippen LogP contribution >= 0.6 is 0 Å². The highest BCUT2D eigenvalue weighted by atomic mass is 19.4. The van der Waals surface area contributed by atoms with Gasteiger partial charge in [-0.15, -0.1) is 0 Å². The third-order valence-electron chi connectivity index (χ3n) is 3.76. The van der Waals surface area contributed by atoms with E-state index in [0.29, 0.717) is 22.5 Å². The zero-order valence-corrected chi connectivity index (χ0v) is 13.9. The van der Waals surface area contributed by atoms with Gasteiger partial charge in [-0.25, -0.2) is 9.97 Å². The van der Waals surface area contributed by atoms with Gasteiger partial charge in [0, 0.05) is 17.4 Å². The molecule has 1 heterocycles. The molecule has 0 bridgehead atoms. The average molecular weight is 373 g/mol. The van der Waals surface area contributed by atoms with Crippen molar-refractivity contribution in [3.05, 3.63) is 71.9 Å². The van der Waals surface area contributed by atoms with E-state index in [1.54, 1.807) is 30.3 Å².